The van der Waals surface area contributed by atoms with Crippen LogP contribution in [0.15, 0.2) is 30.3 Å². The van der Waals surface area contributed by atoms with E-state index in [-0.39, 0.29) is 0 Å². The van der Waals surface area contributed by atoms with Crippen molar-refractivity contribution < 1.29 is 3.07 Å². The van der Waals surface area contributed by atoms with Crippen LogP contribution in [0, 0.1) is 0 Å². The van der Waals surface area contributed by atoms with Crippen molar-refractivity contribution in [2.75, 3.05) is 0 Å². The van der Waals surface area contributed by atoms with Crippen molar-refractivity contribution in [3.63, 3.8) is 0 Å². The Balaban J connectivity index is 2.67. The maximum atomic E-state index is 6.67. The van der Waals surface area contributed by atoms with Gasteiger partial charge in [0.25, 0.3) is 0 Å². The fraction of sp³-hybridized carbons (Fsp3) is 0.667. The van der Waals surface area contributed by atoms with Crippen LogP contribution < -0.4 is 0 Å². The summed E-state index contributed by atoms with van der Waals surface area (Å²) >= 11 is -2.35. The van der Waals surface area contributed by atoms with E-state index >= 15 is 0 Å². The molecule has 0 spiro atoms. The molecule has 0 N–H and O–H groups in total. The standard InChI is InChI=1S/C7H7O.2C4H9.C3H7.Sn/c8-6-7-4-2-1-3-5-7;2*1-3-4-2;1-3-2;/h1-5H,6H2;2*1,3-4H2,2H3;1,3H2,2H3;/q-1;;;;+1. The van der Waals surface area contributed by atoms with Crippen molar-refractivity contribution in [1.29, 1.82) is 0 Å². The first-order chi connectivity index (χ1) is 9.76. The Kier molecular flexibility index (Phi) is 9.62. The monoisotopic (exact) mass is 384 g/mol. The van der Waals surface area contributed by atoms with Crippen LogP contribution in [-0.4, -0.2) is 18.8 Å². The van der Waals surface area contributed by atoms with E-state index in [0.717, 1.165) is 6.61 Å². The van der Waals surface area contributed by atoms with Gasteiger partial charge in [0, 0.05) is 0 Å². The Morgan fingerprint density at radius 3 is 1.90 bits per heavy atom. The van der Waals surface area contributed by atoms with Gasteiger partial charge in [-0.2, -0.15) is 0 Å². The van der Waals surface area contributed by atoms with Gasteiger partial charge in [0.15, 0.2) is 0 Å². The van der Waals surface area contributed by atoms with Crippen LogP contribution in [0.25, 0.3) is 0 Å². The summed E-state index contributed by atoms with van der Waals surface area (Å²) in [5.41, 5.74) is 1.35. The summed E-state index contributed by atoms with van der Waals surface area (Å²) < 4.78 is 10.9. The van der Waals surface area contributed by atoms with Crippen LogP contribution in [-0.2, 0) is 9.68 Å². The third-order valence-electron chi connectivity index (χ3n) is 4.07. The van der Waals surface area contributed by atoms with Crippen molar-refractivity contribution in [2.45, 2.75) is 72.8 Å². The van der Waals surface area contributed by atoms with E-state index < -0.39 is 18.8 Å². The van der Waals surface area contributed by atoms with Gasteiger partial charge in [0.05, 0.1) is 0 Å². The molecule has 20 heavy (non-hydrogen) atoms. The first kappa shape index (κ1) is 18.0. The second-order valence-electron chi connectivity index (χ2n) is 5.91. The molecular formula is C18H32OSn. The Bertz CT molecular complexity index is 329. The molecule has 0 bridgehead atoms. The van der Waals surface area contributed by atoms with Crippen LogP contribution in [0.5, 0.6) is 0 Å². The van der Waals surface area contributed by atoms with E-state index in [1.165, 1.54) is 51.0 Å². The second kappa shape index (κ2) is 10.7. The number of rotatable bonds is 11. The first-order valence-electron chi connectivity index (χ1n) is 8.44. The molecule has 0 saturated heterocycles. The molecule has 1 aromatic rings. The third kappa shape index (κ3) is 6.62. The minimum atomic E-state index is -2.35. The molecule has 114 valence electrons. The molecule has 0 atom stereocenters. The Labute approximate surface area is 130 Å². The van der Waals surface area contributed by atoms with Gasteiger partial charge < -0.3 is 0 Å². The molecule has 0 aliphatic heterocycles. The molecule has 0 unspecified atom stereocenters. The number of benzene rings is 1. The topological polar surface area (TPSA) is 9.23 Å². The molecule has 1 aromatic carbocycles. The molecule has 0 aliphatic rings. The van der Waals surface area contributed by atoms with E-state index in [4.69, 9.17) is 3.07 Å². The second-order valence-corrected chi connectivity index (χ2v) is 17.8. The van der Waals surface area contributed by atoms with Crippen molar-refractivity contribution in [1.82, 2.24) is 0 Å². The van der Waals surface area contributed by atoms with Crippen molar-refractivity contribution >= 4 is 18.8 Å². The van der Waals surface area contributed by atoms with Crippen molar-refractivity contribution in [3.05, 3.63) is 35.9 Å². The van der Waals surface area contributed by atoms with E-state index in [1.807, 2.05) is 0 Å². The quantitative estimate of drug-likeness (QED) is 0.416. The maximum absolute atomic E-state index is 6.67. The fourth-order valence-electron chi connectivity index (χ4n) is 2.86. The fourth-order valence-corrected chi connectivity index (χ4v) is 15.9. The zero-order chi connectivity index (χ0) is 14.7. The van der Waals surface area contributed by atoms with E-state index in [2.05, 4.69) is 51.1 Å². The molecule has 0 radical (unpaired) electrons. The summed E-state index contributed by atoms with van der Waals surface area (Å²) in [6, 6.07) is 10.7. The molecule has 0 heterocycles. The average molecular weight is 383 g/mol. The van der Waals surface area contributed by atoms with Gasteiger partial charge in [-0.05, 0) is 0 Å². The van der Waals surface area contributed by atoms with Crippen LogP contribution in [0.2, 0.25) is 13.3 Å². The van der Waals surface area contributed by atoms with Crippen LogP contribution in [0.3, 0.4) is 0 Å². The molecule has 0 aliphatic carbocycles. The van der Waals surface area contributed by atoms with Gasteiger partial charge >= 0.3 is 131 Å². The van der Waals surface area contributed by atoms with E-state index in [0.29, 0.717) is 0 Å². The van der Waals surface area contributed by atoms with Gasteiger partial charge in [-0.15, -0.1) is 0 Å². The zero-order valence-corrected chi connectivity index (χ0v) is 16.5. The first-order valence-corrected chi connectivity index (χ1v) is 15.7. The summed E-state index contributed by atoms with van der Waals surface area (Å²) in [4.78, 5) is 0. The number of hydrogen-bond acceptors (Lipinski definition) is 1. The minimum absolute atomic E-state index is 0.852. The predicted molar refractivity (Wildman–Crippen MR) is 91.5 cm³/mol. The SMILES string of the molecule is CCC[CH2][Sn]([CH2]CC)([CH2]CCC)[O]Cc1ccccc1. The molecule has 0 fully saturated rings. The Morgan fingerprint density at radius 1 is 0.800 bits per heavy atom. The summed E-state index contributed by atoms with van der Waals surface area (Å²) in [7, 11) is 0. The van der Waals surface area contributed by atoms with Crippen LogP contribution in [0.1, 0.15) is 58.4 Å². The predicted octanol–water partition coefficient (Wildman–Crippen LogP) is 6.16. The molecular weight excluding hydrogens is 351 g/mol. The molecule has 2 heteroatoms. The van der Waals surface area contributed by atoms with Crippen molar-refractivity contribution in [2.24, 2.45) is 0 Å². The summed E-state index contributed by atoms with van der Waals surface area (Å²) in [5, 5.41) is 0. The summed E-state index contributed by atoms with van der Waals surface area (Å²) in [5.74, 6) is 0. The zero-order valence-electron chi connectivity index (χ0n) is 13.7. The Morgan fingerprint density at radius 2 is 1.40 bits per heavy atom. The van der Waals surface area contributed by atoms with Gasteiger partial charge in [-0.3, -0.25) is 0 Å². The van der Waals surface area contributed by atoms with Gasteiger partial charge in [-0.1, -0.05) is 0 Å². The summed E-state index contributed by atoms with van der Waals surface area (Å²) in [6.45, 7) is 7.79. The molecule has 0 saturated carbocycles. The van der Waals surface area contributed by atoms with Gasteiger partial charge in [0.2, 0.25) is 0 Å². The van der Waals surface area contributed by atoms with Crippen LogP contribution >= 0.6 is 0 Å². The molecule has 0 amide bonds. The number of hydrogen-bond donors (Lipinski definition) is 0. The van der Waals surface area contributed by atoms with Crippen LogP contribution in [0.4, 0.5) is 0 Å². The van der Waals surface area contributed by atoms with E-state index in [9.17, 15) is 0 Å². The number of unbranched alkanes of at least 4 members (excludes halogenated alkanes) is 2. The average Bonchev–Trinajstić information content (AvgIpc) is 2.50. The molecule has 0 aromatic heterocycles. The normalized spacial score (nSPS) is 11.8. The van der Waals surface area contributed by atoms with Gasteiger partial charge in [-0.25, -0.2) is 0 Å². The Hall–Kier alpha value is -0.0213. The molecule has 1 rings (SSSR count). The van der Waals surface area contributed by atoms with Gasteiger partial charge in [0.1, 0.15) is 0 Å². The third-order valence-corrected chi connectivity index (χ3v) is 17.5. The molecule has 1 nitrogen and oxygen atoms in total. The van der Waals surface area contributed by atoms with Crippen molar-refractivity contribution in [3.8, 4) is 0 Å². The van der Waals surface area contributed by atoms with E-state index in [1.54, 1.807) is 0 Å². The summed E-state index contributed by atoms with van der Waals surface area (Å²) in [6.07, 6.45) is 6.66.